The van der Waals surface area contributed by atoms with Gasteiger partial charge in [-0.05, 0) is 17.9 Å². The Bertz CT molecular complexity index is 291. The molecule has 1 heteroatoms. The van der Waals surface area contributed by atoms with Gasteiger partial charge in [0.1, 0.15) is 0 Å². The Balaban J connectivity index is 0.00000106. The average molecular weight is 221 g/mol. The van der Waals surface area contributed by atoms with Gasteiger partial charge in [0.25, 0.3) is 0 Å². The summed E-state index contributed by atoms with van der Waals surface area (Å²) in [5, 5.41) is 0. The molecule has 1 heterocycles. The van der Waals surface area contributed by atoms with Crippen molar-refractivity contribution in [3.8, 4) is 0 Å². The van der Waals surface area contributed by atoms with Crippen molar-refractivity contribution in [3.05, 3.63) is 23.4 Å². The average Bonchev–Trinajstić information content (AvgIpc) is 2.39. The molecule has 0 saturated heterocycles. The lowest BCUT2D eigenvalue weighted by Gasteiger charge is -2.17. The summed E-state index contributed by atoms with van der Waals surface area (Å²) in [6, 6.07) is 0. The zero-order chi connectivity index (χ0) is 12.8. The largest absolute Gasteiger partial charge is 0.261 e. The Kier molecular flexibility index (Phi) is 6.32. The van der Waals surface area contributed by atoms with E-state index in [4.69, 9.17) is 0 Å². The third kappa shape index (κ3) is 4.78. The van der Waals surface area contributed by atoms with Crippen molar-refractivity contribution >= 4 is 6.21 Å². The van der Waals surface area contributed by atoms with Gasteiger partial charge in [-0.1, -0.05) is 60.6 Å². The third-order valence-corrected chi connectivity index (χ3v) is 2.49. The summed E-state index contributed by atoms with van der Waals surface area (Å²) in [6.07, 6.45) is 7.62. The van der Waals surface area contributed by atoms with Crippen LogP contribution >= 0.6 is 0 Å². The summed E-state index contributed by atoms with van der Waals surface area (Å²) in [5.41, 5.74) is 2.68. The normalized spacial score (nSPS) is 18.2. The molecule has 0 aromatic rings. The summed E-state index contributed by atoms with van der Waals surface area (Å²) in [6.45, 7) is 15.1. The van der Waals surface area contributed by atoms with E-state index in [9.17, 15) is 0 Å². The fourth-order valence-corrected chi connectivity index (χ4v) is 1.64. The monoisotopic (exact) mass is 221 g/mol. The molecule has 0 spiro atoms. The Morgan fingerprint density at radius 1 is 1.19 bits per heavy atom. The SMILES string of the molecule is CC.CCC1=CC(C)(C)C=C(C(C)C)C=N1. The summed E-state index contributed by atoms with van der Waals surface area (Å²) < 4.78 is 0. The van der Waals surface area contributed by atoms with Gasteiger partial charge >= 0.3 is 0 Å². The predicted molar refractivity (Wildman–Crippen MR) is 74.9 cm³/mol. The molecule has 0 aliphatic carbocycles. The van der Waals surface area contributed by atoms with E-state index < -0.39 is 0 Å². The first-order valence-corrected chi connectivity index (χ1v) is 6.43. The van der Waals surface area contributed by atoms with Crippen LogP contribution in [0.5, 0.6) is 0 Å². The van der Waals surface area contributed by atoms with Gasteiger partial charge in [0.05, 0.1) is 0 Å². The molecule has 0 unspecified atom stereocenters. The highest BCUT2D eigenvalue weighted by atomic mass is 14.7. The summed E-state index contributed by atoms with van der Waals surface area (Å²) in [4.78, 5) is 4.51. The molecule has 16 heavy (non-hydrogen) atoms. The van der Waals surface area contributed by atoms with Crippen LogP contribution in [0.4, 0.5) is 0 Å². The lowest BCUT2D eigenvalue weighted by Crippen LogP contribution is -2.06. The van der Waals surface area contributed by atoms with Gasteiger partial charge in [0.15, 0.2) is 0 Å². The molecule has 92 valence electrons. The molecule has 0 saturated carbocycles. The molecular weight excluding hydrogens is 194 g/mol. The van der Waals surface area contributed by atoms with Gasteiger partial charge in [-0.2, -0.15) is 0 Å². The molecule has 0 radical (unpaired) electrons. The van der Waals surface area contributed by atoms with E-state index in [-0.39, 0.29) is 5.41 Å². The molecule has 1 nitrogen and oxygen atoms in total. The molecule has 0 aromatic heterocycles. The van der Waals surface area contributed by atoms with Crippen LogP contribution in [0.2, 0.25) is 0 Å². The van der Waals surface area contributed by atoms with E-state index in [1.165, 1.54) is 11.3 Å². The van der Waals surface area contributed by atoms with E-state index in [1.807, 2.05) is 20.1 Å². The fourth-order valence-electron chi connectivity index (χ4n) is 1.64. The highest BCUT2D eigenvalue weighted by Gasteiger charge is 2.16. The van der Waals surface area contributed by atoms with Crippen molar-refractivity contribution in [1.29, 1.82) is 0 Å². The van der Waals surface area contributed by atoms with Crippen molar-refractivity contribution in [2.24, 2.45) is 16.3 Å². The topological polar surface area (TPSA) is 12.4 Å². The number of hydrogen-bond acceptors (Lipinski definition) is 1. The Morgan fingerprint density at radius 3 is 2.19 bits per heavy atom. The van der Waals surface area contributed by atoms with Crippen LogP contribution in [0.25, 0.3) is 0 Å². The van der Waals surface area contributed by atoms with Gasteiger partial charge in [0, 0.05) is 17.3 Å². The van der Waals surface area contributed by atoms with Gasteiger partial charge in [-0.3, -0.25) is 4.99 Å². The van der Waals surface area contributed by atoms with Crippen LogP contribution in [0.15, 0.2) is 28.4 Å². The second-order valence-electron chi connectivity index (χ2n) is 4.87. The van der Waals surface area contributed by atoms with E-state index >= 15 is 0 Å². The van der Waals surface area contributed by atoms with E-state index in [1.54, 1.807) is 0 Å². The number of hydrogen-bond donors (Lipinski definition) is 0. The van der Waals surface area contributed by atoms with Crippen molar-refractivity contribution in [2.45, 2.75) is 54.9 Å². The quantitative estimate of drug-likeness (QED) is 0.622. The first-order chi connectivity index (χ1) is 7.44. The Hall–Kier alpha value is -0.850. The summed E-state index contributed by atoms with van der Waals surface area (Å²) in [5.74, 6) is 0.558. The molecule has 0 amide bonds. The van der Waals surface area contributed by atoms with Crippen LogP contribution < -0.4 is 0 Å². The Labute approximate surface area is 101 Å². The van der Waals surface area contributed by atoms with Gasteiger partial charge in [-0.25, -0.2) is 0 Å². The smallest absolute Gasteiger partial charge is 0.0369 e. The van der Waals surface area contributed by atoms with Gasteiger partial charge < -0.3 is 0 Å². The maximum absolute atomic E-state index is 4.51. The highest BCUT2D eigenvalue weighted by molar-refractivity contribution is 5.80. The zero-order valence-electron chi connectivity index (χ0n) is 12.0. The summed E-state index contributed by atoms with van der Waals surface area (Å²) >= 11 is 0. The third-order valence-electron chi connectivity index (χ3n) is 2.49. The van der Waals surface area contributed by atoms with Crippen LogP contribution in [0.3, 0.4) is 0 Å². The van der Waals surface area contributed by atoms with Crippen molar-refractivity contribution < 1.29 is 0 Å². The molecule has 0 bridgehead atoms. The van der Waals surface area contributed by atoms with Crippen LogP contribution in [-0.4, -0.2) is 6.21 Å². The molecule has 1 rings (SSSR count). The van der Waals surface area contributed by atoms with Crippen molar-refractivity contribution in [2.75, 3.05) is 0 Å². The number of aliphatic imine (C=N–C) groups is 1. The minimum absolute atomic E-state index is 0.140. The van der Waals surface area contributed by atoms with Crippen LogP contribution in [0.1, 0.15) is 54.9 Å². The van der Waals surface area contributed by atoms with Crippen molar-refractivity contribution in [3.63, 3.8) is 0 Å². The first kappa shape index (κ1) is 15.2. The van der Waals surface area contributed by atoms with Crippen molar-refractivity contribution in [1.82, 2.24) is 0 Å². The molecule has 0 fully saturated rings. The highest BCUT2D eigenvalue weighted by Crippen LogP contribution is 2.28. The molecular formula is C15H27N. The fraction of sp³-hybridized carbons (Fsp3) is 0.667. The van der Waals surface area contributed by atoms with E-state index in [0.29, 0.717) is 5.92 Å². The lowest BCUT2D eigenvalue weighted by molar-refractivity contribution is 0.607. The standard InChI is InChI=1S/C13H21N.C2H6/c1-6-12-8-13(4,5)7-11(9-14-12)10(2)3;1-2/h7-10H,6H2,1-5H3;1-2H3. The molecule has 1 aliphatic rings. The predicted octanol–water partition coefficient (Wildman–Crippen LogP) is 5.00. The minimum atomic E-state index is 0.140. The lowest BCUT2D eigenvalue weighted by atomic mass is 9.87. The number of allylic oxidation sites excluding steroid dienone is 4. The summed E-state index contributed by atoms with van der Waals surface area (Å²) in [7, 11) is 0. The van der Waals surface area contributed by atoms with E-state index in [2.05, 4.69) is 51.8 Å². The molecule has 1 aliphatic heterocycles. The molecule has 0 N–H and O–H groups in total. The maximum atomic E-state index is 4.51. The molecule has 0 aromatic carbocycles. The second kappa shape index (κ2) is 6.67. The van der Waals surface area contributed by atoms with Crippen LogP contribution in [0, 0.1) is 11.3 Å². The van der Waals surface area contributed by atoms with E-state index in [0.717, 1.165) is 6.42 Å². The van der Waals surface area contributed by atoms with Crippen LogP contribution in [-0.2, 0) is 0 Å². The number of nitrogens with zero attached hydrogens (tertiary/aromatic N) is 1. The zero-order valence-corrected chi connectivity index (χ0v) is 12.0. The Morgan fingerprint density at radius 2 is 1.75 bits per heavy atom. The van der Waals surface area contributed by atoms with Gasteiger partial charge in [-0.15, -0.1) is 0 Å². The first-order valence-electron chi connectivity index (χ1n) is 6.43. The van der Waals surface area contributed by atoms with Gasteiger partial charge in [0.2, 0.25) is 0 Å². The minimum Gasteiger partial charge on any atom is -0.261 e. The maximum Gasteiger partial charge on any atom is 0.0369 e. The molecule has 0 atom stereocenters. The second-order valence-corrected chi connectivity index (χ2v) is 4.87. The number of rotatable bonds is 2.